The molecule has 0 amide bonds. The molecule has 1 fully saturated rings. The molecule has 0 radical (unpaired) electrons. The van der Waals surface area contributed by atoms with Crippen LogP contribution in [0.2, 0.25) is 0 Å². The molecule has 1 heterocycles. The number of hydrogen-bond acceptors (Lipinski definition) is 6. The van der Waals surface area contributed by atoms with Gasteiger partial charge in [0.05, 0.1) is 43.4 Å². The molecule has 0 bridgehead atoms. The molecule has 0 aliphatic carbocycles. The van der Waals surface area contributed by atoms with Crippen LogP contribution in [0.25, 0.3) is 0 Å². The van der Waals surface area contributed by atoms with E-state index in [0.29, 0.717) is 0 Å². The average molecular weight is 315 g/mol. The largest absolute Gasteiger partial charge is 0.465 e. The number of methoxy groups -OCH3 is 1. The van der Waals surface area contributed by atoms with Gasteiger partial charge in [-0.1, -0.05) is 6.07 Å². The van der Waals surface area contributed by atoms with E-state index in [4.69, 9.17) is 4.74 Å². The maximum Gasteiger partial charge on any atom is 0.337 e. The number of carbonyl (C=O) groups excluding carboxylic acids is 1. The monoisotopic (exact) mass is 315 g/mol. The predicted octanol–water partition coefficient (Wildman–Crippen LogP) is -0.145. The van der Waals surface area contributed by atoms with Crippen LogP contribution < -0.4 is 0 Å². The van der Waals surface area contributed by atoms with Gasteiger partial charge < -0.3 is 14.6 Å². The van der Waals surface area contributed by atoms with Gasteiger partial charge in [0.1, 0.15) is 0 Å². The third-order valence-corrected chi connectivity index (χ3v) is 5.19. The Morgan fingerprint density at radius 2 is 2.29 bits per heavy atom. The standard InChI is InChI=1S/C13H17NO6S/c1-19-13(16)10-3-2-4-12(7-10)21(17,18)14-5-6-20-9-11(14)8-15/h2-4,7,11,15H,5-6,8-9H2,1H3. The normalized spacial score (nSPS) is 20.2. The number of sulfonamides is 1. The Bertz CT molecular complexity index is 615. The molecule has 8 heteroatoms. The summed E-state index contributed by atoms with van der Waals surface area (Å²) in [6, 6.07) is 5.02. The van der Waals surface area contributed by atoms with Gasteiger partial charge in [-0.05, 0) is 18.2 Å². The van der Waals surface area contributed by atoms with Crippen molar-refractivity contribution in [1.82, 2.24) is 4.31 Å². The minimum atomic E-state index is -3.80. The molecule has 1 saturated heterocycles. The molecule has 1 aliphatic rings. The molecule has 0 spiro atoms. The summed E-state index contributed by atoms with van der Waals surface area (Å²) in [6.45, 7) is 0.255. The van der Waals surface area contributed by atoms with Gasteiger partial charge >= 0.3 is 5.97 Å². The van der Waals surface area contributed by atoms with E-state index in [9.17, 15) is 18.3 Å². The Labute approximate surface area is 123 Å². The van der Waals surface area contributed by atoms with E-state index >= 15 is 0 Å². The molecule has 1 N–H and O–H groups in total. The third kappa shape index (κ3) is 3.24. The number of rotatable bonds is 4. The molecule has 1 aromatic carbocycles. The van der Waals surface area contributed by atoms with Crippen LogP contribution in [0.15, 0.2) is 29.2 Å². The van der Waals surface area contributed by atoms with Gasteiger partial charge in [-0.3, -0.25) is 0 Å². The molecule has 1 aromatic rings. The van der Waals surface area contributed by atoms with Crippen molar-refractivity contribution in [2.45, 2.75) is 10.9 Å². The Morgan fingerprint density at radius 3 is 2.95 bits per heavy atom. The zero-order chi connectivity index (χ0) is 15.5. The van der Waals surface area contributed by atoms with Crippen molar-refractivity contribution in [2.75, 3.05) is 33.5 Å². The molecule has 116 valence electrons. The fourth-order valence-corrected chi connectivity index (χ4v) is 3.77. The van der Waals surface area contributed by atoms with Crippen molar-refractivity contribution in [3.8, 4) is 0 Å². The summed E-state index contributed by atoms with van der Waals surface area (Å²) in [5, 5.41) is 9.29. The highest BCUT2D eigenvalue weighted by atomic mass is 32.2. The second-order valence-electron chi connectivity index (χ2n) is 4.55. The number of esters is 1. The highest BCUT2D eigenvalue weighted by Crippen LogP contribution is 2.21. The fraction of sp³-hybridized carbons (Fsp3) is 0.462. The minimum absolute atomic E-state index is 0.00856. The van der Waals surface area contributed by atoms with Crippen LogP contribution in [0.4, 0.5) is 0 Å². The number of benzene rings is 1. The van der Waals surface area contributed by atoms with Gasteiger partial charge in [0.15, 0.2) is 0 Å². The van der Waals surface area contributed by atoms with Crippen molar-refractivity contribution < 1.29 is 27.8 Å². The van der Waals surface area contributed by atoms with E-state index in [1.54, 1.807) is 0 Å². The summed E-state index contributed by atoms with van der Waals surface area (Å²) >= 11 is 0. The first-order valence-electron chi connectivity index (χ1n) is 6.39. The molecule has 7 nitrogen and oxygen atoms in total. The zero-order valence-corrected chi connectivity index (χ0v) is 12.4. The van der Waals surface area contributed by atoms with Gasteiger partial charge in [-0.25, -0.2) is 13.2 Å². The van der Waals surface area contributed by atoms with Crippen LogP contribution in [0.5, 0.6) is 0 Å². The first-order chi connectivity index (χ1) is 10.0. The number of hydrogen-bond donors (Lipinski definition) is 1. The molecule has 2 rings (SSSR count). The second kappa shape index (κ2) is 6.52. The summed E-state index contributed by atoms with van der Waals surface area (Å²) in [5.74, 6) is -0.604. The van der Waals surface area contributed by atoms with Crippen LogP contribution in [0, 0.1) is 0 Å². The van der Waals surface area contributed by atoms with E-state index in [1.807, 2.05) is 0 Å². The summed E-state index contributed by atoms with van der Waals surface area (Å²) in [7, 11) is -2.57. The van der Waals surface area contributed by atoms with Crippen LogP contribution in [-0.2, 0) is 19.5 Å². The number of carbonyl (C=O) groups is 1. The van der Waals surface area contributed by atoms with Gasteiger partial charge in [-0.2, -0.15) is 4.31 Å². The van der Waals surface area contributed by atoms with Crippen molar-refractivity contribution in [1.29, 1.82) is 0 Å². The van der Waals surface area contributed by atoms with Gasteiger partial charge in [0, 0.05) is 6.54 Å². The molecular formula is C13H17NO6S. The van der Waals surface area contributed by atoms with Crippen LogP contribution in [0.3, 0.4) is 0 Å². The topological polar surface area (TPSA) is 93.1 Å². The lowest BCUT2D eigenvalue weighted by molar-refractivity contribution is 0.0109. The molecule has 1 unspecified atom stereocenters. The minimum Gasteiger partial charge on any atom is -0.465 e. The first-order valence-corrected chi connectivity index (χ1v) is 7.83. The number of nitrogens with zero attached hydrogens (tertiary/aromatic N) is 1. The molecule has 1 aliphatic heterocycles. The number of aliphatic hydroxyl groups excluding tert-OH is 1. The Kier molecular flexibility index (Phi) is 4.94. The van der Waals surface area contributed by atoms with Gasteiger partial charge in [0.25, 0.3) is 0 Å². The highest BCUT2D eigenvalue weighted by Gasteiger charge is 2.34. The van der Waals surface area contributed by atoms with Crippen LogP contribution >= 0.6 is 0 Å². The Morgan fingerprint density at radius 1 is 1.52 bits per heavy atom. The van der Waals surface area contributed by atoms with Crippen molar-refractivity contribution >= 4 is 16.0 Å². The maximum absolute atomic E-state index is 12.6. The lowest BCUT2D eigenvalue weighted by Gasteiger charge is -2.33. The van der Waals surface area contributed by atoms with E-state index in [0.717, 1.165) is 0 Å². The molecule has 21 heavy (non-hydrogen) atoms. The first kappa shape index (κ1) is 15.9. The van der Waals surface area contributed by atoms with Gasteiger partial charge in [-0.15, -0.1) is 0 Å². The lowest BCUT2D eigenvalue weighted by Crippen LogP contribution is -2.50. The second-order valence-corrected chi connectivity index (χ2v) is 6.44. The quantitative estimate of drug-likeness (QED) is 0.777. The summed E-state index contributed by atoms with van der Waals surface area (Å²) in [4.78, 5) is 11.5. The number of aliphatic hydroxyl groups is 1. The number of ether oxygens (including phenoxy) is 2. The van der Waals surface area contributed by atoms with Crippen molar-refractivity contribution in [3.63, 3.8) is 0 Å². The highest BCUT2D eigenvalue weighted by molar-refractivity contribution is 7.89. The zero-order valence-electron chi connectivity index (χ0n) is 11.6. The van der Waals surface area contributed by atoms with Crippen LogP contribution in [0.1, 0.15) is 10.4 Å². The lowest BCUT2D eigenvalue weighted by atomic mass is 10.2. The smallest absolute Gasteiger partial charge is 0.337 e. The summed E-state index contributed by atoms with van der Waals surface area (Å²) < 4.78 is 36.2. The Balaban J connectivity index is 2.36. The fourth-order valence-electron chi connectivity index (χ4n) is 2.14. The molecule has 0 saturated carbocycles. The molecular weight excluding hydrogens is 298 g/mol. The molecule has 1 atom stereocenters. The van der Waals surface area contributed by atoms with E-state index in [2.05, 4.69) is 4.74 Å². The molecule has 0 aromatic heterocycles. The maximum atomic E-state index is 12.6. The van der Waals surface area contributed by atoms with E-state index in [1.165, 1.54) is 35.7 Å². The van der Waals surface area contributed by atoms with Crippen molar-refractivity contribution in [3.05, 3.63) is 29.8 Å². The Hall–Kier alpha value is -1.48. The average Bonchev–Trinajstić information content (AvgIpc) is 2.54. The number of morpholine rings is 1. The van der Waals surface area contributed by atoms with Crippen LogP contribution in [-0.4, -0.2) is 63.3 Å². The van der Waals surface area contributed by atoms with E-state index in [-0.39, 0.29) is 36.8 Å². The van der Waals surface area contributed by atoms with Crippen molar-refractivity contribution in [2.24, 2.45) is 0 Å². The summed E-state index contributed by atoms with van der Waals surface area (Å²) in [6.07, 6.45) is 0. The SMILES string of the molecule is COC(=O)c1cccc(S(=O)(=O)N2CCOCC2CO)c1. The van der Waals surface area contributed by atoms with E-state index < -0.39 is 22.0 Å². The predicted molar refractivity (Wildman–Crippen MR) is 73.4 cm³/mol. The third-order valence-electron chi connectivity index (χ3n) is 3.25. The summed E-state index contributed by atoms with van der Waals surface area (Å²) in [5.41, 5.74) is 0.160. The van der Waals surface area contributed by atoms with Gasteiger partial charge in [0.2, 0.25) is 10.0 Å².